The van der Waals surface area contributed by atoms with Crippen molar-refractivity contribution < 1.29 is 34.1 Å². The Morgan fingerprint density at radius 1 is 1.00 bits per heavy atom. The number of nitrogens with zero attached hydrogens (tertiary/aromatic N) is 3. The van der Waals surface area contributed by atoms with Crippen LogP contribution in [0.5, 0.6) is 0 Å². The number of aromatic carboxylic acids is 1. The van der Waals surface area contributed by atoms with Crippen molar-refractivity contribution >= 4 is 31.7 Å². The number of imidazole rings is 1. The van der Waals surface area contributed by atoms with Crippen LogP contribution in [0.15, 0.2) is 54.9 Å². The number of fused-ring (bicyclic) bond motifs is 1. The molecule has 0 bridgehead atoms. The number of aliphatic hydroxyl groups is 1. The number of hydrogen-bond acceptors (Lipinski definition) is 7. The summed E-state index contributed by atoms with van der Waals surface area (Å²) >= 11 is 0. The molecule has 1 aromatic heterocycles. The van der Waals surface area contributed by atoms with Gasteiger partial charge in [-0.3, -0.25) is 4.79 Å². The smallest absolute Gasteiger partial charge is 0.422 e. The van der Waals surface area contributed by atoms with Gasteiger partial charge >= 0.3 is 12.1 Å². The van der Waals surface area contributed by atoms with E-state index in [0.29, 0.717) is 30.8 Å². The Bertz CT molecular complexity index is 1570. The maximum Gasteiger partial charge on any atom is 0.422 e. The Hall–Kier alpha value is -3.80. The number of benzene rings is 2. The Morgan fingerprint density at radius 2 is 1.64 bits per heavy atom. The van der Waals surface area contributed by atoms with Gasteiger partial charge in [-0.05, 0) is 92.6 Å². The third kappa shape index (κ3) is 7.71. The van der Waals surface area contributed by atoms with Crippen LogP contribution >= 0.6 is 0 Å². The second-order valence-corrected chi connectivity index (χ2v) is 20.2. The first-order valence-corrected chi connectivity index (χ1v) is 18.9. The molecule has 1 unspecified atom stereocenters. The first kappa shape index (κ1) is 34.1. The van der Waals surface area contributed by atoms with E-state index in [1.165, 1.54) is 24.3 Å². The van der Waals surface area contributed by atoms with Gasteiger partial charge in [0.25, 0.3) is 5.91 Å². The third-order valence-electron chi connectivity index (χ3n) is 8.02. The quantitative estimate of drug-likeness (QED) is 0.194. The van der Waals surface area contributed by atoms with Crippen LogP contribution in [-0.2, 0) is 27.2 Å². The van der Waals surface area contributed by atoms with Gasteiger partial charge in [0.2, 0.25) is 0 Å². The fraction of sp³-hybridized carbons (Fsp3) is 0.471. The number of carboxylic acid groups (broad SMARTS) is 1. The van der Waals surface area contributed by atoms with Crippen molar-refractivity contribution in [2.45, 2.75) is 96.5 Å². The van der Waals surface area contributed by atoms with Gasteiger partial charge < -0.3 is 24.3 Å². The maximum absolute atomic E-state index is 14.1. The van der Waals surface area contributed by atoms with Gasteiger partial charge in [0.1, 0.15) is 23.8 Å². The van der Waals surface area contributed by atoms with E-state index in [-0.39, 0.29) is 29.0 Å². The highest BCUT2D eigenvalue weighted by molar-refractivity contribution is 6.76. The summed E-state index contributed by atoms with van der Waals surface area (Å²) in [5, 5.41) is 21.7. The van der Waals surface area contributed by atoms with Crippen LogP contribution in [0.2, 0.25) is 25.7 Å². The van der Waals surface area contributed by atoms with Gasteiger partial charge in [-0.2, -0.15) is 0 Å². The number of aromatic nitrogens is 2. The summed E-state index contributed by atoms with van der Waals surface area (Å²) in [6.45, 7) is 17.0. The van der Waals surface area contributed by atoms with Crippen molar-refractivity contribution in [3.63, 3.8) is 0 Å². The molecule has 0 aliphatic heterocycles. The zero-order valence-electron chi connectivity index (χ0n) is 27.5. The summed E-state index contributed by atoms with van der Waals surface area (Å²) in [4.78, 5) is 44.5. The number of carbonyl (C=O) groups is 3. The van der Waals surface area contributed by atoms with Crippen molar-refractivity contribution in [3.05, 3.63) is 82.9 Å². The van der Waals surface area contributed by atoms with Crippen molar-refractivity contribution in [2.75, 3.05) is 11.5 Å². The first-order valence-electron chi connectivity index (χ1n) is 15.2. The molecule has 2 amide bonds. The third-order valence-corrected chi connectivity index (χ3v) is 9.72. The summed E-state index contributed by atoms with van der Waals surface area (Å²) in [5.74, 6) is -1.39. The van der Waals surface area contributed by atoms with E-state index in [2.05, 4.69) is 38.5 Å². The first-order chi connectivity index (χ1) is 20.8. The molecule has 242 valence electrons. The van der Waals surface area contributed by atoms with Crippen molar-refractivity contribution in [1.29, 1.82) is 0 Å². The molecule has 0 radical (unpaired) electrons. The molecule has 4 rings (SSSR count). The van der Waals surface area contributed by atoms with Crippen LogP contribution < -0.4 is 4.90 Å². The van der Waals surface area contributed by atoms with E-state index in [1.54, 1.807) is 49.9 Å². The average Bonchev–Trinajstić information content (AvgIpc) is 3.41. The molecule has 0 fully saturated rings. The summed E-state index contributed by atoms with van der Waals surface area (Å²) in [5.41, 5.74) is -0.998. The van der Waals surface area contributed by atoms with E-state index >= 15 is 0 Å². The van der Waals surface area contributed by atoms with Gasteiger partial charge in [-0.1, -0.05) is 39.6 Å². The van der Waals surface area contributed by atoms with Gasteiger partial charge in [-0.15, -0.1) is 0 Å². The fourth-order valence-electron chi connectivity index (χ4n) is 5.42. The molecule has 0 spiro atoms. The molecule has 45 heavy (non-hydrogen) atoms. The lowest BCUT2D eigenvalue weighted by molar-refractivity contribution is 0.0230. The lowest BCUT2D eigenvalue weighted by atomic mass is 9.66. The zero-order chi connectivity index (χ0) is 33.4. The van der Waals surface area contributed by atoms with Gasteiger partial charge in [0.05, 0.1) is 11.3 Å². The molecule has 3 aromatic rings. The highest BCUT2D eigenvalue weighted by Gasteiger charge is 2.46. The molecule has 2 N–H and O–H groups in total. The molecular formula is C34H45N3O7Si. The molecule has 1 heterocycles. The molecule has 1 aliphatic carbocycles. The predicted molar refractivity (Wildman–Crippen MR) is 174 cm³/mol. The number of imide groups is 1. The minimum Gasteiger partial charge on any atom is -0.478 e. The lowest BCUT2D eigenvalue weighted by Crippen LogP contribution is -2.43. The van der Waals surface area contributed by atoms with Gasteiger partial charge in [0, 0.05) is 32.6 Å². The van der Waals surface area contributed by atoms with Crippen LogP contribution in [0.25, 0.3) is 0 Å². The van der Waals surface area contributed by atoms with Crippen LogP contribution in [0.3, 0.4) is 0 Å². The average molecular weight is 636 g/mol. The Balaban J connectivity index is 1.76. The lowest BCUT2D eigenvalue weighted by Gasteiger charge is -2.42. The van der Waals surface area contributed by atoms with Crippen LogP contribution in [0.1, 0.15) is 85.1 Å². The summed E-state index contributed by atoms with van der Waals surface area (Å²) in [7, 11) is -1.28. The summed E-state index contributed by atoms with van der Waals surface area (Å²) < 4.78 is 13.4. The van der Waals surface area contributed by atoms with Crippen molar-refractivity contribution in [2.24, 2.45) is 0 Å². The number of carbonyl (C=O) groups excluding carboxylic acids is 2. The fourth-order valence-corrected chi connectivity index (χ4v) is 6.18. The number of ether oxygens (including phenoxy) is 2. The molecule has 10 nitrogen and oxygen atoms in total. The predicted octanol–water partition coefficient (Wildman–Crippen LogP) is 6.78. The molecule has 1 aliphatic rings. The second-order valence-electron chi connectivity index (χ2n) is 14.5. The van der Waals surface area contributed by atoms with Gasteiger partial charge in [0.15, 0.2) is 0 Å². The van der Waals surface area contributed by atoms with Crippen molar-refractivity contribution in [1.82, 2.24) is 9.55 Å². The largest absolute Gasteiger partial charge is 0.478 e. The number of anilines is 1. The van der Waals surface area contributed by atoms with Crippen LogP contribution in [0, 0.1) is 0 Å². The van der Waals surface area contributed by atoms with E-state index in [1.807, 2.05) is 6.07 Å². The highest BCUT2D eigenvalue weighted by Crippen LogP contribution is 2.48. The molecule has 0 saturated heterocycles. The molecule has 11 heteroatoms. The van der Waals surface area contributed by atoms with Gasteiger partial charge in [-0.25, -0.2) is 19.5 Å². The maximum atomic E-state index is 14.1. The normalized spacial score (nSPS) is 17.8. The number of rotatable bonds is 9. The topological polar surface area (TPSA) is 131 Å². The van der Waals surface area contributed by atoms with E-state index in [9.17, 15) is 24.6 Å². The zero-order valence-corrected chi connectivity index (χ0v) is 28.5. The van der Waals surface area contributed by atoms with E-state index < -0.39 is 37.2 Å². The minimum atomic E-state index is -1.52. The minimum absolute atomic E-state index is 0.0105. The standard InChI is InChI=1S/C34H45N3O7Si/c1-32(2,3)44-31(41)37(25-12-9-23(10-13-25)29(39)40)28(38)24-11-14-26-27(21-24)34(42,16-15-33(26,4)5)30-35-17-18-36(30)22-43-19-20-45(6,7)8/h9-14,17-18,21,42H,15-16,19-20,22H2,1-8H3,(H,39,40). The Morgan fingerprint density at radius 3 is 2.24 bits per heavy atom. The van der Waals surface area contributed by atoms with Crippen molar-refractivity contribution in [3.8, 4) is 0 Å². The monoisotopic (exact) mass is 635 g/mol. The highest BCUT2D eigenvalue weighted by atomic mass is 28.3. The van der Waals surface area contributed by atoms with E-state index in [4.69, 9.17) is 9.47 Å². The Labute approximate surface area is 266 Å². The van der Waals surface area contributed by atoms with Crippen LogP contribution in [0.4, 0.5) is 10.5 Å². The SMILES string of the molecule is CC(C)(C)OC(=O)N(C(=O)c1ccc2c(c1)C(O)(c1nccn1COCC[Si](C)(C)C)CCC2(C)C)c1ccc(C(=O)O)cc1. The van der Waals surface area contributed by atoms with E-state index in [0.717, 1.165) is 16.5 Å². The molecule has 0 saturated carbocycles. The molecule has 1 atom stereocenters. The number of hydrogen-bond donors (Lipinski definition) is 2. The second kappa shape index (κ2) is 12.5. The number of carboxylic acids is 1. The molecule has 2 aromatic carbocycles. The molecular weight excluding hydrogens is 590 g/mol. The van der Waals surface area contributed by atoms with Crippen LogP contribution in [-0.4, -0.2) is 58.0 Å². The Kier molecular flexibility index (Phi) is 9.49. The number of amides is 2. The summed E-state index contributed by atoms with van der Waals surface area (Å²) in [6, 6.07) is 11.5. The summed E-state index contributed by atoms with van der Waals surface area (Å²) in [6.07, 6.45) is 3.54.